The Morgan fingerprint density at radius 2 is 2.36 bits per heavy atom. The third-order valence-electron chi connectivity index (χ3n) is 1.23. The van der Waals surface area contributed by atoms with E-state index in [1.54, 1.807) is 12.1 Å². The van der Waals surface area contributed by atoms with Crippen molar-refractivity contribution in [1.29, 1.82) is 5.26 Å². The van der Waals surface area contributed by atoms with E-state index in [1.165, 1.54) is 6.20 Å². The van der Waals surface area contributed by atoms with Crippen molar-refractivity contribution < 1.29 is 9.94 Å². The summed E-state index contributed by atoms with van der Waals surface area (Å²) in [7, 11) is 0. The Hall–Kier alpha value is -1.08. The molecule has 0 aliphatic heterocycles. The highest BCUT2D eigenvalue weighted by molar-refractivity contribution is 9.10. The molecule has 0 aliphatic rings. The van der Waals surface area contributed by atoms with Gasteiger partial charge in [0, 0.05) is 32.3 Å². The number of nitrogens with zero attached hydrogens (tertiary/aromatic N) is 2. The molecular weight excluding hydrogens is 208 g/mol. The summed E-state index contributed by atoms with van der Waals surface area (Å²) in [4.78, 5) is 0. The average Bonchev–Trinajstić information content (AvgIpc) is 1.98. The maximum absolute atomic E-state index is 9.09. The second kappa shape index (κ2) is 3.35. The summed E-state index contributed by atoms with van der Waals surface area (Å²) in [5.74, 6) is 0. The molecule has 0 atom stereocenters. The number of halogens is 1. The minimum Gasteiger partial charge on any atom is -0.284 e. The summed E-state index contributed by atoms with van der Waals surface area (Å²) in [6.07, 6.45) is 1.81. The monoisotopic (exact) mass is 213 g/mol. The number of nitriles is 1. The van der Waals surface area contributed by atoms with Crippen LogP contribution in [-0.4, -0.2) is 5.21 Å². The molecule has 0 spiro atoms. The fourth-order valence-corrected chi connectivity index (χ4v) is 0.944. The predicted molar refractivity (Wildman–Crippen MR) is 40.8 cm³/mol. The lowest BCUT2D eigenvalue weighted by molar-refractivity contribution is -0.913. The van der Waals surface area contributed by atoms with Crippen LogP contribution in [0.2, 0.25) is 0 Å². The third-order valence-corrected chi connectivity index (χ3v) is 1.85. The molecule has 0 saturated carbocycles. The van der Waals surface area contributed by atoms with Crippen LogP contribution in [0.5, 0.6) is 0 Å². The van der Waals surface area contributed by atoms with Crippen LogP contribution < -0.4 is 4.73 Å². The van der Waals surface area contributed by atoms with Gasteiger partial charge < -0.3 is 0 Å². The quantitative estimate of drug-likeness (QED) is 0.431. The lowest BCUT2D eigenvalue weighted by atomic mass is 10.2. The summed E-state index contributed by atoms with van der Waals surface area (Å²) in [6.45, 7) is 0. The van der Waals surface area contributed by atoms with Gasteiger partial charge in [0.05, 0.1) is 12.5 Å². The summed E-state index contributed by atoms with van der Waals surface area (Å²) < 4.78 is 1.51. The first-order chi connectivity index (χ1) is 5.24. The Balaban J connectivity index is 2.98. The molecule has 1 heterocycles. The van der Waals surface area contributed by atoms with Gasteiger partial charge in [0.25, 0.3) is 4.60 Å². The highest BCUT2D eigenvalue weighted by Gasteiger charge is 2.06. The highest BCUT2D eigenvalue weighted by atomic mass is 79.9. The van der Waals surface area contributed by atoms with Gasteiger partial charge >= 0.3 is 0 Å². The molecule has 11 heavy (non-hydrogen) atoms. The van der Waals surface area contributed by atoms with Crippen LogP contribution in [0.1, 0.15) is 5.56 Å². The molecule has 0 unspecified atom stereocenters. The van der Waals surface area contributed by atoms with Crippen molar-refractivity contribution >= 4 is 15.9 Å². The molecule has 56 valence electrons. The van der Waals surface area contributed by atoms with E-state index >= 15 is 0 Å². The van der Waals surface area contributed by atoms with E-state index in [0.717, 1.165) is 10.3 Å². The van der Waals surface area contributed by atoms with Crippen molar-refractivity contribution in [2.24, 2.45) is 0 Å². The van der Waals surface area contributed by atoms with E-state index in [2.05, 4.69) is 15.9 Å². The van der Waals surface area contributed by atoms with Gasteiger partial charge in [-0.25, -0.2) is 0 Å². The van der Waals surface area contributed by atoms with Crippen molar-refractivity contribution in [1.82, 2.24) is 0 Å². The minimum atomic E-state index is 0.313. The van der Waals surface area contributed by atoms with Crippen LogP contribution in [0.3, 0.4) is 0 Å². The first kappa shape index (κ1) is 8.02. The van der Waals surface area contributed by atoms with Crippen molar-refractivity contribution in [3.63, 3.8) is 0 Å². The number of hydrogen-bond donors (Lipinski definition) is 1. The molecule has 1 rings (SSSR count). The van der Waals surface area contributed by atoms with Crippen LogP contribution in [0, 0.1) is 11.3 Å². The molecule has 0 bridgehead atoms. The van der Waals surface area contributed by atoms with E-state index in [4.69, 9.17) is 10.5 Å². The van der Waals surface area contributed by atoms with Gasteiger partial charge in [-0.3, -0.25) is 5.21 Å². The van der Waals surface area contributed by atoms with Gasteiger partial charge in [-0.1, -0.05) is 0 Å². The van der Waals surface area contributed by atoms with Gasteiger partial charge in [0.2, 0.25) is 6.20 Å². The summed E-state index contributed by atoms with van der Waals surface area (Å²) in [6, 6.07) is 5.46. The predicted octanol–water partition coefficient (Wildman–Crippen LogP) is 1.04. The van der Waals surface area contributed by atoms with Crippen molar-refractivity contribution in [2.45, 2.75) is 6.42 Å². The molecule has 3 nitrogen and oxygen atoms in total. The minimum absolute atomic E-state index is 0.313. The van der Waals surface area contributed by atoms with Crippen LogP contribution in [-0.2, 0) is 6.42 Å². The second-order valence-electron chi connectivity index (χ2n) is 2.04. The standard InChI is InChI=1S/C7H6BrN2O/c8-7-2-1-6(3-4-9)5-10(7)11/h1-2,5,11H,3H2/q+1. The Bertz CT molecular complexity index is 306. The SMILES string of the molecule is N#CCc1ccc(Br)[n+](O)c1. The lowest BCUT2D eigenvalue weighted by Crippen LogP contribution is -2.31. The second-order valence-corrected chi connectivity index (χ2v) is 2.85. The molecule has 1 N–H and O–H groups in total. The summed E-state index contributed by atoms with van der Waals surface area (Å²) in [5, 5.41) is 17.4. The molecule has 4 heteroatoms. The topological polar surface area (TPSA) is 47.9 Å². The third kappa shape index (κ3) is 1.92. The Morgan fingerprint density at radius 3 is 2.91 bits per heavy atom. The van der Waals surface area contributed by atoms with E-state index in [9.17, 15) is 0 Å². The van der Waals surface area contributed by atoms with Crippen molar-refractivity contribution in [2.75, 3.05) is 0 Å². The van der Waals surface area contributed by atoms with E-state index < -0.39 is 0 Å². The van der Waals surface area contributed by atoms with Crippen molar-refractivity contribution in [3.05, 3.63) is 28.5 Å². The zero-order valence-corrected chi connectivity index (χ0v) is 7.24. The molecular formula is C7H6BrN2O+. The molecule has 0 saturated heterocycles. The fourth-order valence-electron chi connectivity index (χ4n) is 0.710. The first-order valence-electron chi connectivity index (χ1n) is 3.00. The average molecular weight is 214 g/mol. The Kier molecular flexibility index (Phi) is 2.44. The van der Waals surface area contributed by atoms with Gasteiger partial charge in [0.15, 0.2) is 0 Å². The van der Waals surface area contributed by atoms with Gasteiger partial charge in [0.1, 0.15) is 0 Å². The van der Waals surface area contributed by atoms with Crippen LogP contribution in [0.25, 0.3) is 0 Å². The maximum atomic E-state index is 9.09. The molecule has 1 aromatic heterocycles. The number of rotatable bonds is 1. The summed E-state index contributed by atoms with van der Waals surface area (Å²) in [5.41, 5.74) is 0.790. The van der Waals surface area contributed by atoms with E-state index in [0.29, 0.717) is 11.0 Å². The van der Waals surface area contributed by atoms with Crippen LogP contribution >= 0.6 is 15.9 Å². The Labute approximate surface area is 72.6 Å². The fraction of sp³-hybridized carbons (Fsp3) is 0.143. The molecule has 0 radical (unpaired) electrons. The molecule has 0 aliphatic carbocycles. The van der Waals surface area contributed by atoms with Crippen LogP contribution in [0.15, 0.2) is 22.9 Å². The van der Waals surface area contributed by atoms with E-state index in [1.807, 2.05) is 6.07 Å². The first-order valence-corrected chi connectivity index (χ1v) is 3.79. The normalized spacial score (nSPS) is 9.09. The largest absolute Gasteiger partial charge is 0.298 e. The molecule has 0 amide bonds. The zero-order chi connectivity index (χ0) is 8.27. The Morgan fingerprint density at radius 1 is 1.64 bits per heavy atom. The maximum Gasteiger partial charge on any atom is 0.298 e. The van der Waals surface area contributed by atoms with Crippen molar-refractivity contribution in [3.8, 4) is 6.07 Å². The van der Waals surface area contributed by atoms with Gasteiger partial charge in [-0.05, 0) is 6.07 Å². The summed E-state index contributed by atoms with van der Waals surface area (Å²) >= 11 is 3.11. The number of pyridine rings is 1. The van der Waals surface area contributed by atoms with E-state index in [-0.39, 0.29) is 0 Å². The molecule has 1 aromatic rings. The highest BCUT2D eigenvalue weighted by Crippen LogP contribution is 2.03. The van der Waals surface area contributed by atoms with Gasteiger partial charge in [-0.2, -0.15) is 5.26 Å². The number of aromatic nitrogens is 1. The lowest BCUT2D eigenvalue weighted by Gasteiger charge is -1.89. The zero-order valence-electron chi connectivity index (χ0n) is 5.66. The van der Waals surface area contributed by atoms with Crippen LogP contribution in [0.4, 0.5) is 0 Å². The molecule has 0 fully saturated rings. The molecule has 0 aromatic carbocycles. The number of hydrogen-bond acceptors (Lipinski definition) is 2. The smallest absolute Gasteiger partial charge is 0.284 e. The van der Waals surface area contributed by atoms with Gasteiger partial charge in [-0.15, -0.1) is 0 Å².